The van der Waals surface area contributed by atoms with Crippen LogP contribution in [0.25, 0.3) is 0 Å². The lowest BCUT2D eigenvalue weighted by Crippen LogP contribution is -2.53. The molecule has 0 radical (unpaired) electrons. The fraction of sp³-hybridized carbons (Fsp3) is 0.533. The van der Waals surface area contributed by atoms with E-state index in [1.165, 1.54) is 6.07 Å². The largest absolute Gasteiger partial charge is 0.374 e. The van der Waals surface area contributed by atoms with Gasteiger partial charge in [0.15, 0.2) is 0 Å². The summed E-state index contributed by atoms with van der Waals surface area (Å²) in [6, 6.07) is 4.89. The summed E-state index contributed by atoms with van der Waals surface area (Å²) < 4.78 is 5.81. The lowest BCUT2D eigenvalue weighted by atomic mass is 9.89. The third-order valence-electron chi connectivity index (χ3n) is 4.37. The van der Waals surface area contributed by atoms with E-state index in [2.05, 4.69) is 4.90 Å². The number of aldehydes is 1. The number of nitro benzene ring substituents is 1. The van der Waals surface area contributed by atoms with Crippen LogP contribution in [0, 0.1) is 10.1 Å². The number of ether oxygens (including phenoxy) is 1. The average molecular weight is 290 g/mol. The summed E-state index contributed by atoms with van der Waals surface area (Å²) in [6.45, 7) is 1.25. The minimum Gasteiger partial charge on any atom is -0.374 e. The topological polar surface area (TPSA) is 72.7 Å². The van der Waals surface area contributed by atoms with Crippen LogP contribution in [0.15, 0.2) is 18.2 Å². The molecule has 0 aromatic heterocycles. The molecule has 3 rings (SSSR count). The summed E-state index contributed by atoms with van der Waals surface area (Å²) in [7, 11) is 0. The second-order valence-electron chi connectivity index (χ2n) is 5.58. The number of nitro groups is 1. The Labute approximate surface area is 122 Å². The van der Waals surface area contributed by atoms with Gasteiger partial charge in [0.1, 0.15) is 12.0 Å². The molecule has 2 unspecified atom stereocenters. The Morgan fingerprint density at radius 2 is 2.14 bits per heavy atom. The van der Waals surface area contributed by atoms with Gasteiger partial charge in [-0.05, 0) is 25.0 Å². The van der Waals surface area contributed by atoms with Crippen LogP contribution < -0.4 is 4.90 Å². The standard InChI is InChI=1S/C15H18N2O4/c18-10-11-5-6-12(14(9-11)17(19)20)16-7-8-21-15-4-2-1-3-13(15)16/h5-6,9-10,13,15H,1-4,7-8H2. The molecule has 2 fully saturated rings. The van der Waals surface area contributed by atoms with Crippen molar-refractivity contribution in [3.8, 4) is 0 Å². The van der Waals surface area contributed by atoms with Gasteiger partial charge in [-0.2, -0.15) is 0 Å². The molecule has 0 spiro atoms. The van der Waals surface area contributed by atoms with Gasteiger partial charge >= 0.3 is 0 Å². The van der Waals surface area contributed by atoms with E-state index in [1.807, 2.05) is 0 Å². The summed E-state index contributed by atoms with van der Waals surface area (Å²) in [6.07, 6.45) is 5.10. The number of fused-ring (bicyclic) bond motifs is 1. The first kappa shape index (κ1) is 14.0. The van der Waals surface area contributed by atoms with E-state index >= 15 is 0 Å². The predicted octanol–water partition coefficient (Wildman–Crippen LogP) is 2.56. The smallest absolute Gasteiger partial charge is 0.293 e. The zero-order chi connectivity index (χ0) is 14.8. The quantitative estimate of drug-likeness (QED) is 0.486. The molecule has 6 nitrogen and oxygen atoms in total. The SMILES string of the molecule is O=Cc1ccc(N2CCOC3CCCCC32)c([N+](=O)[O-])c1. The minimum atomic E-state index is -0.407. The maximum Gasteiger partial charge on any atom is 0.293 e. The Morgan fingerprint density at radius 3 is 2.90 bits per heavy atom. The van der Waals surface area contributed by atoms with E-state index in [1.54, 1.807) is 12.1 Å². The minimum absolute atomic E-state index is 0.00539. The van der Waals surface area contributed by atoms with Gasteiger partial charge in [-0.3, -0.25) is 14.9 Å². The highest BCUT2D eigenvalue weighted by molar-refractivity contribution is 5.79. The molecule has 1 aromatic rings. The van der Waals surface area contributed by atoms with E-state index in [-0.39, 0.29) is 17.8 Å². The van der Waals surface area contributed by atoms with E-state index in [9.17, 15) is 14.9 Å². The molecule has 1 saturated carbocycles. The zero-order valence-corrected chi connectivity index (χ0v) is 11.7. The molecule has 21 heavy (non-hydrogen) atoms. The van der Waals surface area contributed by atoms with Crippen LogP contribution in [0.5, 0.6) is 0 Å². The number of anilines is 1. The lowest BCUT2D eigenvalue weighted by molar-refractivity contribution is -0.384. The molecule has 0 amide bonds. The van der Waals surface area contributed by atoms with Crippen molar-refractivity contribution in [3.63, 3.8) is 0 Å². The average Bonchev–Trinajstić information content (AvgIpc) is 2.53. The maximum atomic E-state index is 11.3. The molecule has 0 bridgehead atoms. The van der Waals surface area contributed by atoms with E-state index in [0.717, 1.165) is 25.7 Å². The highest BCUT2D eigenvalue weighted by Gasteiger charge is 2.36. The Bertz CT molecular complexity index is 559. The summed E-state index contributed by atoms with van der Waals surface area (Å²) in [5.41, 5.74) is 0.940. The van der Waals surface area contributed by atoms with Crippen LogP contribution in [-0.2, 0) is 4.74 Å². The molecule has 1 heterocycles. The first-order valence-corrected chi connectivity index (χ1v) is 7.32. The number of carbonyl (C=O) groups excluding carboxylic acids is 1. The van der Waals surface area contributed by atoms with Crippen molar-refractivity contribution >= 4 is 17.7 Å². The van der Waals surface area contributed by atoms with Crippen molar-refractivity contribution in [2.24, 2.45) is 0 Å². The summed E-state index contributed by atoms with van der Waals surface area (Å²) in [5, 5.41) is 11.3. The third kappa shape index (κ3) is 2.63. The summed E-state index contributed by atoms with van der Waals surface area (Å²) >= 11 is 0. The number of nitrogens with zero attached hydrogens (tertiary/aromatic N) is 2. The molecule has 2 aliphatic rings. The molecule has 2 atom stereocenters. The number of hydrogen-bond acceptors (Lipinski definition) is 5. The van der Waals surface area contributed by atoms with Gasteiger partial charge in [-0.1, -0.05) is 12.8 Å². The zero-order valence-electron chi connectivity index (χ0n) is 11.7. The Kier molecular flexibility index (Phi) is 3.88. The van der Waals surface area contributed by atoms with Crippen LogP contribution in [0.2, 0.25) is 0 Å². The summed E-state index contributed by atoms with van der Waals surface area (Å²) in [4.78, 5) is 23.9. The lowest BCUT2D eigenvalue weighted by Gasteiger charge is -2.44. The van der Waals surface area contributed by atoms with Crippen molar-refractivity contribution in [2.45, 2.75) is 37.8 Å². The first-order chi connectivity index (χ1) is 10.2. The fourth-order valence-electron chi connectivity index (χ4n) is 3.40. The second-order valence-corrected chi connectivity index (χ2v) is 5.58. The van der Waals surface area contributed by atoms with Crippen molar-refractivity contribution in [3.05, 3.63) is 33.9 Å². The highest BCUT2D eigenvalue weighted by atomic mass is 16.6. The van der Waals surface area contributed by atoms with Crippen molar-refractivity contribution in [1.82, 2.24) is 0 Å². The molecule has 1 aromatic carbocycles. The Balaban J connectivity index is 1.98. The van der Waals surface area contributed by atoms with Crippen molar-refractivity contribution in [2.75, 3.05) is 18.1 Å². The van der Waals surface area contributed by atoms with Crippen LogP contribution >= 0.6 is 0 Å². The number of rotatable bonds is 3. The van der Waals surface area contributed by atoms with Gasteiger partial charge in [-0.15, -0.1) is 0 Å². The normalized spacial score (nSPS) is 25.2. The first-order valence-electron chi connectivity index (χ1n) is 7.32. The molecular formula is C15H18N2O4. The van der Waals surface area contributed by atoms with E-state index in [0.29, 0.717) is 30.7 Å². The van der Waals surface area contributed by atoms with Gasteiger partial charge in [0, 0.05) is 18.2 Å². The second kappa shape index (κ2) is 5.81. The molecule has 1 saturated heterocycles. The van der Waals surface area contributed by atoms with Gasteiger partial charge in [-0.25, -0.2) is 0 Å². The molecule has 112 valence electrons. The van der Waals surface area contributed by atoms with Crippen molar-refractivity contribution < 1.29 is 14.5 Å². The van der Waals surface area contributed by atoms with E-state index in [4.69, 9.17) is 4.74 Å². The third-order valence-corrected chi connectivity index (χ3v) is 4.37. The number of carbonyl (C=O) groups is 1. The van der Waals surface area contributed by atoms with Crippen LogP contribution in [0.4, 0.5) is 11.4 Å². The van der Waals surface area contributed by atoms with Crippen LogP contribution in [0.1, 0.15) is 36.0 Å². The molecule has 0 N–H and O–H groups in total. The number of benzene rings is 1. The molecule has 6 heteroatoms. The molecular weight excluding hydrogens is 272 g/mol. The molecule has 1 aliphatic heterocycles. The Morgan fingerprint density at radius 1 is 1.33 bits per heavy atom. The monoisotopic (exact) mass is 290 g/mol. The predicted molar refractivity (Wildman–Crippen MR) is 77.8 cm³/mol. The molecule has 1 aliphatic carbocycles. The van der Waals surface area contributed by atoms with Crippen LogP contribution in [0.3, 0.4) is 0 Å². The van der Waals surface area contributed by atoms with Gasteiger partial charge < -0.3 is 9.64 Å². The number of morpholine rings is 1. The van der Waals surface area contributed by atoms with Gasteiger partial charge in [0.2, 0.25) is 0 Å². The number of hydrogen-bond donors (Lipinski definition) is 0. The fourth-order valence-corrected chi connectivity index (χ4v) is 3.40. The van der Waals surface area contributed by atoms with Crippen LogP contribution in [-0.4, -0.2) is 36.5 Å². The van der Waals surface area contributed by atoms with Gasteiger partial charge in [0.25, 0.3) is 5.69 Å². The highest BCUT2D eigenvalue weighted by Crippen LogP contribution is 2.36. The van der Waals surface area contributed by atoms with E-state index < -0.39 is 4.92 Å². The van der Waals surface area contributed by atoms with Crippen molar-refractivity contribution in [1.29, 1.82) is 0 Å². The maximum absolute atomic E-state index is 11.3. The summed E-state index contributed by atoms with van der Waals surface area (Å²) in [5.74, 6) is 0. The Hall–Kier alpha value is -1.95. The van der Waals surface area contributed by atoms with Gasteiger partial charge in [0.05, 0.1) is 23.7 Å².